The van der Waals surface area contributed by atoms with Gasteiger partial charge < -0.3 is 19.5 Å². The fourth-order valence-corrected chi connectivity index (χ4v) is 2.59. The average molecular weight is 259 g/mol. The molecule has 1 rings (SSSR count). The highest BCUT2D eigenvalue weighted by Gasteiger charge is 2.30. The second kappa shape index (κ2) is 6.17. The van der Waals surface area contributed by atoms with Gasteiger partial charge in [0.2, 0.25) is 0 Å². The van der Waals surface area contributed by atoms with Crippen LogP contribution in [0.1, 0.15) is 5.56 Å². The third kappa shape index (κ3) is 3.54. The van der Waals surface area contributed by atoms with E-state index in [4.69, 9.17) is 19.5 Å². The lowest BCUT2D eigenvalue weighted by atomic mass is 10.1. The molecule has 1 atom stereocenters. The molecule has 1 aromatic rings. The minimum atomic E-state index is -3.21. The lowest BCUT2D eigenvalue weighted by molar-refractivity contribution is 0.265. The summed E-state index contributed by atoms with van der Waals surface area (Å²) in [7, 11) is 1.06. The van der Waals surface area contributed by atoms with Crippen molar-refractivity contribution in [2.75, 3.05) is 21.3 Å². The summed E-state index contributed by atoms with van der Waals surface area (Å²) < 4.78 is 26.7. The maximum absolute atomic E-state index is 12.0. The predicted molar refractivity (Wildman–Crippen MR) is 66.3 cm³/mol. The molecule has 0 fully saturated rings. The highest BCUT2D eigenvalue weighted by Crippen LogP contribution is 2.50. The van der Waals surface area contributed by atoms with E-state index in [0.717, 1.165) is 11.3 Å². The Labute approximate surface area is 101 Å². The lowest BCUT2D eigenvalue weighted by Gasteiger charge is -2.20. The zero-order valence-corrected chi connectivity index (χ0v) is 11.1. The smallest absolute Gasteiger partial charge is 0.347 e. The van der Waals surface area contributed by atoms with Crippen molar-refractivity contribution in [3.05, 3.63) is 29.8 Å². The summed E-state index contributed by atoms with van der Waals surface area (Å²) in [5.74, 6) is 0.0925. The highest BCUT2D eigenvalue weighted by atomic mass is 31.2. The van der Waals surface area contributed by atoms with Gasteiger partial charge in [-0.1, -0.05) is 12.1 Å². The van der Waals surface area contributed by atoms with Crippen molar-refractivity contribution < 1.29 is 18.3 Å². The average Bonchev–Trinajstić information content (AvgIpc) is 2.38. The standard InChI is InChI=1S/C11H18NO4P/c1-14-10-6-4-9(5-7-10)8-11(12)17(13,15-2)16-3/h4-7,11H,8,12H2,1-3H3/t11-/m0/s1. The first-order valence-electron chi connectivity index (χ1n) is 5.15. The summed E-state index contributed by atoms with van der Waals surface area (Å²) in [5, 5.41) is 0. The Kier molecular flexibility index (Phi) is 5.15. The molecular formula is C11H18NO4P. The Bertz CT molecular complexity index is 385. The second-order valence-corrected chi connectivity index (χ2v) is 6.00. The molecular weight excluding hydrogens is 241 g/mol. The van der Waals surface area contributed by atoms with Gasteiger partial charge in [-0.2, -0.15) is 0 Å². The summed E-state index contributed by atoms with van der Waals surface area (Å²) in [6.07, 6.45) is 0.420. The van der Waals surface area contributed by atoms with Crippen LogP contribution in [0.2, 0.25) is 0 Å². The van der Waals surface area contributed by atoms with Gasteiger partial charge in [-0.25, -0.2) is 0 Å². The van der Waals surface area contributed by atoms with Crippen molar-refractivity contribution in [1.82, 2.24) is 0 Å². The van der Waals surface area contributed by atoms with Gasteiger partial charge in [-0.05, 0) is 24.1 Å². The van der Waals surface area contributed by atoms with Crippen molar-refractivity contribution in [1.29, 1.82) is 0 Å². The molecule has 2 N–H and O–H groups in total. The van der Waals surface area contributed by atoms with E-state index < -0.39 is 13.4 Å². The largest absolute Gasteiger partial charge is 0.497 e. The first-order valence-corrected chi connectivity index (χ1v) is 6.76. The molecule has 0 amide bonds. The van der Waals surface area contributed by atoms with E-state index in [9.17, 15) is 4.57 Å². The van der Waals surface area contributed by atoms with Crippen molar-refractivity contribution in [2.45, 2.75) is 12.2 Å². The van der Waals surface area contributed by atoms with Gasteiger partial charge >= 0.3 is 7.60 Å². The Hall–Kier alpha value is -0.870. The van der Waals surface area contributed by atoms with Crippen LogP contribution in [0, 0.1) is 0 Å². The number of methoxy groups -OCH3 is 1. The first-order chi connectivity index (χ1) is 8.05. The molecule has 0 aromatic heterocycles. The van der Waals surface area contributed by atoms with Crippen LogP contribution in [0.4, 0.5) is 0 Å². The molecule has 6 heteroatoms. The van der Waals surface area contributed by atoms with E-state index >= 15 is 0 Å². The Balaban J connectivity index is 2.73. The van der Waals surface area contributed by atoms with Gasteiger partial charge in [-0.3, -0.25) is 4.57 Å². The number of hydrogen-bond acceptors (Lipinski definition) is 5. The number of rotatable bonds is 6. The molecule has 0 saturated heterocycles. The van der Waals surface area contributed by atoms with E-state index in [1.807, 2.05) is 24.3 Å². The van der Waals surface area contributed by atoms with E-state index in [1.54, 1.807) is 7.11 Å². The predicted octanol–water partition coefficient (Wildman–Crippen LogP) is 2.01. The Morgan fingerprint density at radius 2 is 1.71 bits per heavy atom. The van der Waals surface area contributed by atoms with Crippen LogP contribution in [-0.4, -0.2) is 27.1 Å². The lowest BCUT2D eigenvalue weighted by Crippen LogP contribution is -2.24. The third-order valence-corrected chi connectivity index (χ3v) is 4.53. The van der Waals surface area contributed by atoms with Crippen LogP contribution < -0.4 is 10.5 Å². The van der Waals surface area contributed by atoms with Crippen molar-refractivity contribution >= 4 is 7.60 Å². The molecule has 0 radical (unpaired) electrons. The molecule has 96 valence electrons. The molecule has 0 saturated carbocycles. The molecule has 0 aliphatic carbocycles. The van der Waals surface area contributed by atoms with Crippen LogP contribution in [0.15, 0.2) is 24.3 Å². The van der Waals surface area contributed by atoms with Crippen molar-refractivity contribution in [3.63, 3.8) is 0 Å². The van der Waals surface area contributed by atoms with Crippen LogP contribution in [0.3, 0.4) is 0 Å². The number of nitrogens with two attached hydrogens (primary N) is 1. The van der Waals surface area contributed by atoms with Gasteiger partial charge in [0.1, 0.15) is 11.5 Å². The molecule has 5 nitrogen and oxygen atoms in total. The first kappa shape index (κ1) is 14.2. The number of hydrogen-bond donors (Lipinski definition) is 1. The fourth-order valence-electron chi connectivity index (χ4n) is 1.46. The molecule has 0 aliphatic heterocycles. The zero-order valence-electron chi connectivity index (χ0n) is 10.3. The molecule has 1 aromatic carbocycles. The van der Waals surface area contributed by atoms with Gasteiger partial charge in [0.25, 0.3) is 0 Å². The van der Waals surface area contributed by atoms with Gasteiger partial charge in [0, 0.05) is 14.2 Å². The van der Waals surface area contributed by atoms with Crippen molar-refractivity contribution in [2.24, 2.45) is 5.73 Å². The van der Waals surface area contributed by atoms with Gasteiger partial charge in [-0.15, -0.1) is 0 Å². The third-order valence-electron chi connectivity index (χ3n) is 2.52. The fraction of sp³-hybridized carbons (Fsp3) is 0.455. The summed E-state index contributed by atoms with van der Waals surface area (Å²) >= 11 is 0. The van der Waals surface area contributed by atoms with E-state index in [2.05, 4.69) is 0 Å². The van der Waals surface area contributed by atoms with E-state index in [1.165, 1.54) is 14.2 Å². The van der Waals surface area contributed by atoms with Crippen LogP contribution in [0.25, 0.3) is 0 Å². The quantitative estimate of drug-likeness (QED) is 0.791. The van der Waals surface area contributed by atoms with E-state index in [-0.39, 0.29) is 0 Å². The number of ether oxygens (including phenoxy) is 1. The topological polar surface area (TPSA) is 70.8 Å². The van der Waals surface area contributed by atoms with Gasteiger partial charge in [0.05, 0.1) is 7.11 Å². The Morgan fingerprint density at radius 1 is 1.18 bits per heavy atom. The molecule has 0 spiro atoms. The Morgan fingerprint density at radius 3 is 2.12 bits per heavy atom. The van der Waals surface area contributed by atoms with Crippen LogP contribution >= 0.6 is 7.60 Å². The normalized spacial score (nSPS) is 13.4. The molecule has 0 bridgehead atoms. The molecule has 0 unspecified atom stereocenters. The molecule has 0 aliphatic rings. The minimum absolute atomic E-state index is 0.420. The molecule has 0 heterocycles. The molecule has 17 heavy (non-hydrogen) atoms. The number of benzene rings is 1. The summed E-state index contributed by atoms with van der Waals surface area (Å²) in [4.78, 5) is 0. The monoisotopic (exact) mass is 259 g/mol. The SMILES string of the molecule is COc1ccc(C[C@@H](N)P(=O)(OC)OC)cc1. The maximum atomic E-state index is 12.0. The van der Waals surface area contributed by atoms with Crippen LogP contribution in [-0.2, 0) is 20.0 Å². The summed E-state index contributed by atoms with van der Waals surface area (Å²) in [6, 6.07) is 7.39. The van der Waals surface area contributed by atoms with Crippen LogP contribution in [0.5, 0.6) is 5.75 Å². The minimum Gasteiger partial charge on any atom is -0.497 e. The summed E-state index contributed by atoms with van der Waals surface area (Å²) in [6.45, 7) is 0. The van der Waals surface area contributed by atoms with Crippen molar-refractivity contribution in [3.8, 4) is 5.75 Å². The highest BCUT2D eigenvalue weighted by molar-refractivity contribution is 7.54. The van der Waals surface area contributed by atoms with Gasteiger partial charge in [0.15, 0.2) is 0 Å². The zero-order chi connectivity index (χ0) is 12.9. The summed E-state index contributed by atoms with van der Waals surface area (Å²) in [5.41, 5.74) is 6.78. The maximum Gasteiger partial charge on any atom is 0.347 e. The second-order valence-electron chi connectivity index (χ2n) is 3.52. The van der Waals surface area contributed by atoms with E-state index in [0.29, 0.717) is 6.42 Å².